The van der Waals surface area contributed by atoms with Crippen LogP contribution in [0.15, 0.2) is 47.9 Å². The Morgan fingerprint density at radius 3 is 2.65 bits per heavy atom. The third kappa shape index (κ3) is 6.34. The molecule has 0 radical (unpaired) electrons. The van der Waals surface area contributed by atoms with Crippen LogP contribution in [0.5, 0.6) is 5.75 Å². The summed E-state index contributed by atoms with van der Waals surface area (Å²) in [4.78, 5) is 1.95. The van der Waals surface area contributed by atoms with Gasteiger partial charge in [-0.25, -0.2) is 12.8 Å². The number of piperidine rings is 1. The molecule has 1 fully saturated rings. The Morgan fingerprint density at radius 2 is 2.00 bits per heavy atom. The van der Waals surface area contributed by atoms with Crippen LogP contribution in [0.3, 0.4) is 0 Å². The average molecular weight is 580 g/mol. The fraction of sp³-hybridized carbons (Fsp3) is 0.370. The van der Waals surface area contributed by atoms with E-state index < -0.39 is 33.8 Å². The van der Waals surface area contributed by atoms with Crippen molar-refractivity contribution in [3.8, 4) is 17.7 Å². The van der Waals surface area contributed by atoms with Crippen molar-refractivity contribution in [1.82, 2.24) is 14.7 Å². The van der Waals surface area contributed by atoms with Gasteiger partial charge in [-0.2, -0.15) is 23.0 Å². The van der Waals surface area contributed by atoms with Crippen LogP contribution < -0.4 is 15.4 Å². The lowest BCUT2D eigenvalue weighted by Crippen LogP contribution is -2.46. The summed E-state index contributed by atoms with van der Waals surface area (Å²) in [6, 6.07) is 11.1. The molecule has 1 aliphatic heterocycles. The number of methoxy groups -OCH3 is 1. The summed E-state index contributed by atoms with van der Waals surface area (Å²) in [7, 11) is -0.238. The standard InChI is InChI=1S/C27H29F4N5O3S/c1-17(27(29,30)31)26-19-7-5-8-23(33-21-11-14-35(2)16-20(21)28)25(19)34-36(26)13-6-12-32-22-10-9-18(40(4,37)38)15-24(22)39-3/h5,7-10,15,20-21,32-33H,1,11-12,14,16H2,2-4H3/t20-,21+/m0/s1. The molecule has 0 aliphatic carbocycles. The Hall–Kier alpha value is -3.76. The molecule has 0 bridgehead atoms. The smallest absolute Gasteiger partial charge is 0.417 e. The van der Waals surface area contributed by atoms with Crippen LogP contribution in [0, 0.1) is 12.0 Å². The first-order valence-corrected chi connectivity index (χ1v) is 14.2. The molecule has 2 aromatic carbocycles. The number of anilines is 2. The minimum absolute atomic E-state index is 0.0209. The highest BCUT2D eigenvalue weighted by atomic mass is 32.2. The van der Waals surface area contributed by atoms with Gasteiger partial charge in [-0.15, -0.1) is 0 Å². The number of sulfone groups is 1. The van der Waals surface area contributed by atoms with Gasteiger partial charge in [0.1, 0.15) is 17.4 Å². The highest BCUT2D eigenvalue weighted by molar-refractivity contribution is 7.90. The quantitative estimate of drug-likeness (QED) is 0.317. The van der Waals surface area contributed by atoms with Crippen LogP contribution in [-0.4, -0.2) is 81.5 Å². The molecular weight excluding hydrogens is 550 g/mol. The molecule has 2 heterocycles. The van der Waals surface area contributed by atoms with Gasteiger partial charge >= 0.3 is 6.18 Å². The van der Waals surface area contributed by atoms with Crippen molar-refractivity contribution in [2.45, 2.75) is 29.7 Å². The molecule has 13 heteroatoms. The first-order valence-electron chi connectivity index (χ1n) is 12.3. The summed E-state index contributed by atoms with van der Waals surface area (Å²) in [6.45, 7) is 4.16. The number of aromatic nitrogens is 2. The van der Waals surface area contributed by atoms with E-state index in [4.69, 9.17) is 4.74 Å². The molecule has 1 aromatic heterocycles. The van der Waals surface area contributed by atoms with Gasteiger partial charge in [0, 0.05) is 36.8 Å². The summed E-state index contributed by atoms with van der Waals surface area (Å²) >= 11 is 0. The number of fused-ring (bicyclic) bond motifs is 1. The van der Waals surface area contributed by atoms with Gasteiger partial charge in [-0.1, -0.05) is 24.6 Å². The Balaban J connectivity index is 1.65. The summed E-state index contributed by atoms with van der Waals surface area (Å²) in [5, 5.41) is 10.6. The zero-order valence-corrected chi connectivity index (χ0v) is 23.0. The molecule has 0 saturated carbocycles. The van der Waals surface area contributed by atoms with Crippen molar-refractivity contribution < 1.29 is 30.7 Å². The minimum atomic E-state index is -4.74. The van der Waals surface area contributed by atoms with E-state index in [-0.39, 0.29) is 40.3 Å². The maximum atomic E-state index is 14.7. The molecule has 1 aliphatic rings. The molecule has 8 nitrogen and oxygen atoms in total. The number of rotatable bonds is 7. The van der Waals surface area contributed by atoms with Gasteiger partial charge in [0.25, 0.3) is 0 Å². The second-order valence-electron chi connectivity index (χ2n) is 9.53. The van der Waals surface area contributed by atoms with E-state index in [0.29, 0.717) is 24.3 Å². The normalized spacial score (nSPS) is 18.2. The first-order chi connectivity index (χ1) is 18.8. The first kappa shape index (κ1) is 29.2. The second-order valence-corrected chi connectivity index (χ2v) is 11.5. The Labute approximate surface area is 229 Å². The number of allylic oxidation sites excluding steroid dienone is 1. The largest absolute Gasteiger partial charge is 0.495 e. The second kappa shape index (κ2) is 11.4. The average Bonchev–Trinajstić information content (AvgIpc) is 3.25. The number of ether oxygens (including phenoxy) is 1. The predicted molar refractivity (Wildman–Crippen MR) is 147 cm³/mol. The number of benzene rings is 2. The van der Waals surface area contributed by atoms with Crippen molar-refractivity contribution in [2.75, 3.05) is 50.7 Å². The predicted octanol–water partition coefficient (Wildman–Crippen LogP) is 4.40. The number of alkyl halides is 4. The number of halogens is 4. The fourth-order valence-corrected chi connectivity index (χ4v) is 5.09. The van der Waals surface area contributed by atoms with E-state index in [9.17, 15) is 26.0 Å². The van der Waals surface area contributed by atoms with Gasteiger partial charge in [-0.3, -0.25) is 0 Å². The maximum Gasteiger partial charge on any atom is 0.417 e. The van der Waals surface area contributed by atoms with Gasteiger partial charge in [0.05, 0.1) is 47.2 Å². The molecule has 0 spiro atoms. The van der Waals surface area contributed by atoms with Crippen LogP contribution in [0.25, 0.3) is 16.5 Å². The Kier molecular flexibility index (Phi) is 8.32. The van der Waals surface area contributed by atoms with Crippen LogP contribution >= 0.6 is 0 Å². The maximum absolute atomic E-state index is 14.7. The van der Waals surface area contributed by atoms with Crippen LogP contribution in [0.4, 0.5) is 28.9 Å². The van der Waals surface area contributed by atoms with Crippen LogP contribution in [0.2, 0.25) is 0 Å². The summed E-state index contributed by atoms with van der Waals surface area (Å²) < 4.78 is 85.8. The zero-order chi connectivity index (χ0) is 29.2. The minimum Gasteiger partial charge on any atom is -0.495 e. The molecule has 4 rings (SSSR count). The molecule has 1 saturated heterocycles. The zero-order valence-electron chi connectivity index (χ0n) is 22.1. The SMILES string of the molecule is C=C(c1c2cccc(N[C@@H]3CCN(C)C[C@@H]3F)c2nn1C#CCNc1ccc(S(C)(=O)=O)cc1OC)C(F)(F)F. The third-order valence-corrected chi connectivity index (χ3v) is 7.68. The number of nitrogens with zero attached hydrogens (tertiary/aromatic N) is 3. The fourth-order valence-electron chi connectivity index (χ4n) is 4.45. The summed E-state index contributed by atoms with van der Waals surface area (Å²) in [5.41, 5.74) is -0.362. The Bertz CT molecular complexity index is 1590. The van der Waals surface area contributed by atoms with E-state index in [1.54, 1.807) is 12.1 Å². The van der Waals surface area contributed by atoms with E-state index in [1.165, 1.54) is 31.4 Å². The lowest BCUT2D eigenvalue weighted by atomic mass is 10.0. The third-order valence-electron chi connectivity index (χ3n) is 6.57. The van der Waals surface area contributed by atoms with Crippen molar-refractivity contribution in [3.63, 3.8) is 0 Å². The number of hydrogen-bond donors (Lipinski definition) is 2. The monoisotopic (exact) mass is 579 g/mol. The van der Waals surface area contributed by atoms with Gasteiger partial charge < -0.3 is 20.3 Å². The highest BCUT2D eigenvalue weighted by Gasteiger charge is 2.37. The lowest BCUT2D eigenvalue weighted by Gasteiger charge is -2.33. The molecule has 40 heavy (non-hydrogen) atoms. The molecule has 214 valence electrons. The number of hydrogen-bond acceptors (Lipinski definition) is 7. The molecule has 2 atom stereocenters. The van der Waals surface area contributed by atoms with Crippen LogP contribution in [-0.2, 0) is 9.84 Å². The van der Waals surface area contributed by atoms with Gasteiger partial charge in [0.15, 0.2) is 9.84 Å². The van der Waals surface area contributed by atoms with Crippen molar-refractivity contribution in [1.29, 1.82) is 0 Å². The van der Waals surface area contributed by atoms with Crippen molar-refractivity contribution in [2.24, 2.45) is 0 Å². The molecular formula is C27H29F4N5O3S. The Morgan fingerprint density at radius 1 is 1.25 bits per heavy atom. The summed E-state index contributed by atoms with van der Waals surface area (Å²) in [5.74, 6) is 3.00. The summed E-state index contributed by atoms with van der Waals surface area (Å²) in [6.07, 6.45) is -4.29. The van der Waals surface area contributed by atoms with Gasteiger partial charge in [0.2, 0.25) is 0 Å². The van der Waals surface area contributed by atoms with E-state index >= 15 is 0 Å². The van der Waals surface area contributed by atoms with E-state index in [0.717, 1.165) is 10.9 Å². The van der Waals surface area contributed by atoms with E-state index in [1.807, 2.05) is 11.9 Å². The molecule has 0 amide bonds. The van der Waals surface area contributed by atoms with Gasteiger partial charge in [-0.05, 0) is 31.7 Å². The highest BCUT2D eigenvalue weighted by Crippen LogP contribution is 2.38. The lowest BCUT2D eigenvalue weighted by molar-refractivity contribution is -0.0689. The van der Waals surface area contributed by atoms with Crippen molar-refractivity contribution in [3.05, 3.63) is 48.7 Å². The number of nitrogens with one attached hydrogen (secondary N) is 2. The molecule has 2 N–H and O–H groups in total. The molecule has 0 unspecified atom stereocenters. The van der Waals surface area contributed by atoms with Crippen LogP contribution in [0.1, 0.15) is 12.1 Å². The molecule has 3 aromatic rings. The topological polar surface area (TPSA) is 88.5 Å². The number of likely N-dealkylation sites (tertiary alicyclic amines) is 1. The van der Waals surface area contributed by atoms with E-state index in [2.05, 4.69) is 34.3 Å². The van der Waals surface area contributed by atoms with Crippen molar-refractivity contribution >= 4 is 37.7 Å².